The van der Waals surface area contributed by atoms with Gasteiger partial charge >= 0.3 is 154 Å². The Morgan fingerprint density at radius 3 is 1.00 bits per heavy atom. The van der Waals surface area contributed by atoms with Crippen LogP contribution in [0.5, 0.6) is 0 Å². The first-order valence-electron chi connectivity index (χ1n) is 0.500. The number of hydrogen-bond acceptors (Lipinski definition) is 3. The first-order valence-corrected chi connectivity index (χ1v) is 1.50. The SMILES string of the molecule is O=S([O-])[O-].[K+].[K+].[K+]. The predicted octanol–water partition coefficient (Wildman–Crippen LogP) is -9.99. The molecule has 0 bridgehead atoms. The van der Waals surface area contributed by atoms with E-state index >= 15 is 0 Å². The molecule has 7 heavy (non-hydrogen) atoms. The monoisotopic (exact) mass is 197 g/mol. The molecule has 0 aromatic rings. The zero-order chi connectivity index (χ0) is 3.58. The van der Waals surface area contributed by atoms with Crippen LogP contribution >= 0.6 is 0 Å². The van der Waals surface area contributed by atoms with Gasteiger partial charge in [0.25, 0.3) is 0 Å². The second-order valence-electron chi connectivity index (χ2n) is 0.204. The van der Waals surface area contributed by atoms with Crippen LogP contribution in [0.3, 0.4) is 0 Å². The average Bonchev–Trinajstić information content (AvgIpc) is 0.811. The molecule has 26 valence electrons. The molecule has 0 rings (SSSR count). The Morgan fingerprint density at radius 2 is 1.00 bits per heavy atom. The minimum absolute atomic E-state index is 0. The smallest absolute Gasteiger partial charge is 0.784 e. The third-order valence-electron chi connectivity index (χ3n) is 0. The van der Waals surface area contributed by atoms with E-state index < -0.39 is 11.4 Å². The maximum Gasteiger partial charge on any atom is 1.00 e. The summed E-state index contributed by atoms with van der Waals surface area (Å²) in [6.07, 6.45) is 0. The zero-order valence-corrected chi connectivity index (χ0v) is 14.8. The molecule has 0 aromatic carbocycles. The van der Waals surface area contributed by atoms with E-state index in [1.165, 1.54) is 0 Å². The quantitative estimate of drug-likeness (QED) is 0.286. The number of hydrogen-bond donors (Lipinski definition) is 0. The Kier molecular flexibility index (Phi) is 55.6. The van der Waals surface area contributed by atoms with Crippen molar-refractivity contribution in [3.63, 3.8) is 0 Å². The normalized spacial score (nSPS) is 5.00. The fourth-order valence-corrected chi connectivity index (χ4v) is 0. The summed E-state index contributed by atoms with van der Waals surface area (Å²) in [6, 6.07) is 0. The summed E-state index contributed by atoms with van der Waals surface area (Å²) in [4.78, 5) is 0. The third-order valence-corrected chi connectivity index (χ3v) is 0. The van der Waals surface area contributed by atoms with Gasteiger partial charge in [0.05, 0.1) is 0 Å². The average molecular weight is 197 g/mol. The third kappa shape index (κ3) is 35.7. The number of rotatable bonds is 0. The molecule has 0 amide bonds. The molecule has 0 saturated carbocycles. The van der Waals surface area contributed by atoms with Gasteiger partial charge in [0, 0.05) is 0 Å². The van der Waals surface area contributed by atoms with Gasteiger partial charge in [0.1, 0.15) is 0 Å². The van der Waals surface area contributed by atoms with E-state index in [0.717, 1.165) is 0 Å². The minimum atomic E-state index is -3.11. The van der Waals surface area contributed by atoms with Crippen LogP contribution in [0.15, 0.2) is 0 Å². The van der Waals surface area contributed by atoms with Gasteiger partial charge < -0.3 is 9.11 Å². The van der Waals surface area contributed by atoms with E-state index in [1.807, 2.05) is 0 Å². The molecule has 0 radical (unpaired) electrons. The molecule has 3 nitrogen and oxygen atoms in total. The maximum atomic E-state index is 8.44. The van der Waals surface area contributed by atoms with Crippen LogP contribution in [-0.2, 0) is 11.4 Å². The summed E-state index contributed by atoms with van der Waals surface area (Å²) in [5, 5.41) is 0. The summed E-state index contributed by atoms with van der Waals surface area (Å²) < 4.78 is 25.3. The van der Waals surface area contributed by atoms with Crippen molar-refractivity contribution in [3.8, 4) is 0 Å². The molecule has 0 unspecified atom stereocenters. The molecule has 0 aromatic heterocycles. The van der Waals surface area contributed by atoms with Gasteiger partial charge in [-0.2, -0.15) is 0 Å². The Hall–Kier alpha value is 4.98. The summed E-state index contributed by atoms with van der Waals surface area (Å²) in [5.74, 6) is 0. The van der Waals surface area contributed by atoms with Gasteiger partial charge in [-0.25, -0.2) is 0 Å². The molecule has 0 aliphatic heterocycles. The van der Waals surface area contributed by atoms with Crippen molar-refractivity contribution in [2.75, 3.05) is 0 Å². The fraction of sp³-hybridized carbons (Fsp3) is 0. The molecule has 0 heterocycles. The first kappa shape index (κ1) is 22.7. The van der Waals surface area contributed by atoms with E-state index in [4.69, 9.17) is 13.3 Å². The molecular formula is K3O3S+. The molecule has 0 aliphatic carbocycles. The predicted molar refractivity (Wildman–Crippen MR) is 9.70 cm³/mol. The van der Waals surface area contributed by atoms with Gasteiger partial charge in [0.2, 0.25) is 0 Å². The van der Waals surface area contributed by atoms with Crippen LogP contribution in [0.2, 0.25) is 0 Å². The van der Waals surface area contributed by atoms with Crippen LogP contribution in [-0.4, -0.2) is 13.3 Å². The molecule has 0 aliphatic rings. The van der Waals surface area contributed by atoms with Crippen molar-refractivity contribution in [1.82, 2.24) is 0 Å². The molecule has 0 N–H and O–H groups in total. The summed E-state index contributed by atoms with van der Waals surface area (Å²) in [5.41, 5.74) is 0. The molecule has 0 saturated heterocycles. The van der Waals surface area contributed by atoms with Gasteiger partial charge in [-0.05, 0) is 0 Å². The van der Waals surface area contributed by atoms with Crippen molar-refractivity contribution in [2.24, 2.45) is 0 Å². The zero-order valence-electron chi connectivity index (χ0n) is 4.63. The van der Waals surface area contributed by atoms with Gasteiger partial charge in [-0.1, -0.05) is 0 Å². The van der Waals surface area contributed by atoms with Gasteiger partial charge in [-0.15, -0.1) is 11.4 Å². The van der Waals surface area contributed by atoms with Crippen molar-refractivity contribution in [2.45, 2.75) is 0 Å². The molecule has 0 atom stereocenters. The van der Waals surface area contributed by atoms with E-state index in [2.05, 4.69) is 0 Å². The van der Waals surface area contributed by atoms with E-state index in [0.29, 0.717) is 0 Å². The van der Waals surface area contributed by atoms with E-state index in [-0.39, 0.29) is 154 Å². The van der Waals surface area contributed by atoms with E-state index in [9.17, 15) is 0 Å². The van der Waals surface area contributed by atoms with Crippen LogP contribution in [0.4, 0.5) is 0 Å². The molecule has 7 heteroatoms. The van der Waals surface area contributed by atoms with Crippen LogP contribution < -0.4 is 154 Å². The first-order chi connectivity index (χ1) is 1.73. The van der Waals surface area contributed by atoms with Crippen molar-refractivity contribution in [3.05, 3.63) is 0 Å². The Labute approximate surface area is 173 Å². The summed E-state index contributed by atoms with van der Waals surface area (Å²) in [6.45, 7) is 0. The van der Waals surface area contributed by atoms with Crippen molar-refractivity contribution < 1.29 is 167 Å². The molecule has 0 spiro atoms. The Morgan fingerprint density at radius 1 is 1.00 bits per heavy atom. The van der Waals surface area contributed by atoms with Crippen molar-refractivity contribution in [1.29, 1.82) is 0 Å². The van der Waals surface area contributed by atoms with Crippen LogP contribution in [0.1, 0.15) is 0 Å². The van der Waals surface area contributed by atoms with Crippen LogP contribution in [0.25, 0.3) is 0 Å². The second-order valence-corrected chi connectivity index (χ2v) is 0.612. The van der Waals surface area contributed by atoms with Gasteiger partial charge in [-0.3, -0.25) is 4.21 Å². The summed E-state index contributed by atoms with van der Waals surface area (Å²) in [7, 11) is 0. The second kappa shape index (κ2) is 17.2. The molecular weight excluding hydrogens is 197 g/mol. The molecule has 0 fully saturated rings. The minimum Gasteiger partial charge on any atom is -0.784 e. The topological polar surface area (TPSA) is 63.2 Å². The van der Waals surface area contributed by atoms with Crippen LogP contribution in [0, 0.1) is 0 Å². The van der Waals surface area contributed by atoms with Crippen molar-refractivity contribution >= 4 is 11.4 Å². The Bertz CT molecular complexity index is 33.2. The van der Waals surface area contributed by atoms with Gasteiger partial charge in [0.15, 0.2) is 0 Å². The summed E-state index contributed by atoms with van der Waals surface area (Å²) >= 11 is -3.11. The fourth-order valence-electron chi connectivity index (χ4n) is 0. The maximum absolute atomic E-state index is 8.44. The van der Waals surface area contributed by atoms with E-state index in [1.54, 1.807) is 0 Å². The standard InChI is InChI=1S/3K.H2O3S/c;;;1-4(2)3/h;;;(H2,1,2,3)/q3*+1;/p-2. The Balaban J connectivity index is -0.0000000150. The largest absolute Gasteiger partial charge is 1.00 e.